The first-order valence-electron chi connectivity index (χ1n) is 7.19. The fourth-order valence-corrected chi connectivity index (χ4v) is 1.89. The van der Waals surface area contributed by atoms with Gasteiger partial charge in [-0.3, -0.25) is 0 Å². The van der Waals surface area contributed by atoms with Crippen molar-refractivity contribution in [1.82, 2.24) is 10.6 Å². The lowest BCUT2D eigenvalue weighted by Gasteiger charge is -2.20. The molecule has 3 N–H and O–H groups in total. The summed E-state index contributed by atoms with van der Waals surface area (Å²) in [5.41, 5.74) is 0. The van der Waals surface area contributed by atoms with Crippen LogP contribution in [0.1, 0.15) is 53.4 Å². The van der Waals surface area contributed by atoms with Crippen molar-refractivity contribution >= 4 is 12.0 Å². The van der Waals surface area contributed by atoms with Crippen LogP contribution in [0.25, 0.3) is 0 Å². The van der Waals surface area contributed by atoms with Crippen molar-refractivity contribution in [3.63, 3.8) is 0 Å². The van der Waals surface area contributed by atoms with E-state index in [0.29, 0.717) is 12.5 Å². The van der Waals surface area contributed by atoms with E-state index in [1.165, 1.54) is 0 Å². The minimum absolute atomic E-state index is 0.134. The molecule has 0 heterocycles. The number of hydrogen-bond acceptors (Lipinski definition) is 2. The lowest BCUT2D eigenvalue weighted by atomic mass is 9.99. The van der Waals surface area contributed by atoms with Crippen LogP contribution >= 0.6 is 0 Å². The third-order valence-electron chi connectivity index (χ3n) is 3.31. The van der Waals surface area contributed by atoms with E-state index in [0.717, 1.165) is 25.7 Å². The van der Waals surface area contributed by atoms with Gasteiger partial charge in [-0.1, -0.05) is 47.0 Å². The SMILES string of the molecule is CCCCC(CC)CNC(=O)N[C@@H](C(=O)O)C(C)C. The molecule has 0 saturated heterocycles. The molecular formula is C14H28N2O3. The Morgan fingerprint density at radius 2 is 1.84 bits per heavy atom. The summed E-state index contributed by atoms with van der Waals surface area (Å²) < 4.78 is 0. The van der Waals surface area contributed by atoms with Gasteiger partial charge in [0.2, 0.25) is 0 Å². The number of unbranched alkanes of at least 4 members (excludes halogenated alkanes) is 1. The average molecular weight is 272 g/mol. The molecule has 2 amide bonds. The van der Waals surface area contributed by atoms with Crippen LogP contribution in [-0.2, 0) is 4.79 Å². The Labute approximate surface area is 116 Å². The van der Waals surface area contributed by atoms with Gasteiger partial charge in [0.15, 0.2) is 0 Å². The molecule has 0 rings (SSSR count). The first-order valence-corrected chi connectivity index (χ1v) is 7.19. The van der Waals surface area contributed by atoms with E-state index in [-0.39, 0.29) is 5.92 Å². The zero-order valence-corrected chi connectivity index (χ0v) is 12.5. The second-order valence-corrected chi connectivity index (χ2v) is 5.33. The molecule has 0 aromatic heterocycles. The molecule has 5 nitrogen and oxygen atoms in total. The van der Waals surface area contributed by atoms with Crippen LogP contribution in [0.4, 0.5) is 4.79 Å². The molecule has 0 spiro atoms. The monoisotopic (exact) mass is 272 g/mol. The highest BCUT2D eigenvalue weighted by Crippen LogP contribution is 2.11. The largest absolute Gasteiger partial charge is 0.480 e. The Balaban J connectivity index is 4.11. The second-order valence-electron chi connectivity index (χ2n) is 5.33. The predicted octanol–water partition coefficient (Wildman–Crippen LogP) is 2.61. The Morgan fingerprint density at radius 1 is 1.21 bits per heavy atom. The maximum Gasteiger partial charge on any atom is 0.326 e. The summed E-state index contributed by atoms with van der Waals surface area (Å²) in [5, 5.41) is 14.3. The number of carboxylic acid groups (broad SMARTS) is 1. The molecule has 0 aliphatic heterocycles. The molecule has 2 atom stereocenters. The number of amides is 2. The van der Waals surface area contributed by atoms with E-state index in [4.69, 9.17) is 5.11 Å². The van der Waals surface area contributed by atoms with E-state index in [1.54, 1.807) is 13.8 Å². The van der Waals surface area contributed by atoms with E-state index in [1.807, 2.05) is 0 Å². The summed E-state index contributed by atoms with van der Waals surface area (Å²) >= 11 is 0. The van der Waals surface area contributed by atoms with Crippen LogP contribution in [0.2, 0.25) is 0 Å². The molecule has 0 aliphatic carbocycles. The van der Waals surface area contributed by atoms with E-state index in [9.17, 15) is 9.59 Å². The number of rotatable bonds is 9. The first kappa shape index (κ1) is 17.7. The van der Waals surface area contributed by atoms with Crippen LogP contribution in [0.5, 0.6) is 0 Å². The molecule has 1 unspecified atom stereocenters. The molecule has 0 aromatic rings. The standard InChI is InChI=1S/C14H28N2O3/c1-5-7-8-11(6-2)9-15-14(19)16-12(10(3)4)13(17)18/h10-12H,5-9H2,1-4H3,(H,17,18)(H2,15,16,19)/t11?,12-/m1/s1. The van der Waals surface area contributed by atoms with Gasteiger partial charge in [-0.2, -0.15) is 0 Å². The summed E-state index contributed by atoms with van der Waals surface area (Å²) in [6.07, 6.45) is 4.43. The van der Waals surface area contributed by atoms with E-state index >= 15 is 0 Å². The van der Waals surface area contributed by atoms with Gasteiger partial charge in [0, 0.05) is 6.54 Å². The van der Waals surface area contributed by atoms with Crippen molar-refractivity contribution in [3.05, 3.63) is 0 Å². The van der Waals surface area contributed by atoms with Crippen molar-refractivity contribution < 1.29 is 14.7 Å². The predicted molar refractivity (Wildman–Crippen MR) is 76.1 cm³/mol. The molecule has 0 saturated carbocycles. The summed E-state index contributed by atoms with van der Waals surface area (Å²) in [6, 6.07) is -1.23. The minimum Gasteiger partial charge on any atom is -0.480 e. The molecule has 0 aliphatic rings. The van der Waals surface area contributed by atoms with Crippen molar-refractivity contribution in [2.75, 3.05) is 6.54 Å². The van der Waals surface area contributed by atoms with Gasteiger partial charge in [-0.15, -0.1) is 0 Å². The fourth-order valence-electron chi connectivity index (χ4n) is 1.89. The lowest BCUT2D eigenvalue weighted by molar-refractivity contribution is -0.140. The summed E-state index contributed by atoms with van der Waals surface area (Å²) in [6.45, 7) is 8.40. The van der Waals surface area contributed by atoms with Crippen LogP contribution < -0.4 is 10.6 Å². The van der Waals surface area contributed by atoms with E-state index < -0.39 is 18.0 Å². The Bertz CT molecular complexity index is 280. The van der Waals surface area contributed by atoms with E-state index in [2.05, 4.69) is 24.5 Å². The highest BCUT2D eigenvalue weighted by atomic mass is 16.4. The number of nitrogens with one attached hydrogen (secondary N) is 2. The number of carbonyl (C=O) groups is 2. The zero-order valence-electron chi connectivity index (χ0n) is 12.5. The third kappa shape index (κ3) is 7.70. The fraction of sp³-hybridized carbons (Fsp3) is 0.857. The maximum atomic E-state index is 11.7. The number of hydrogen-bond donors (Lipinski definition) is 3. The molecule has 19 heavy (non-hydrogen) atoms. The van der Waals surface area contributed by atoms with Crippen molar-refractivity contribution in [3.8, 4) is 0 Å². The topological polar surface area (TPSA) is 78.4 Å². The normalized spacial score (nSPS) is 13.9. The van der Waals surface area contributed by atoms with Crippen LogP contribution in [0.3, 0.4) is 0 Å². The van der Waals surface area contributed by atoms with Gasteiger partial charge in [0.25, 0.3) is 0 Å². The van der Waals surface area contributed by atoms with Crippen molar-refractivity contribution in [1.29, 1.82) is 0 Å². The second kappa shape index (κ2) is 9.64. The molecule has 112 valence electrons. The van der Waals surface area contributed by atoms with Gasteiger partial charge >= 0.3 is 12.0 Å². The quantitative estimate of drug-likeness (QED) is 0.603. The maximum absolute atomic E-state index is 11.7. The Hall–Kier alpha value is -1.26. The smallest absolute Gasteiger partial charge is 0.326 e. The van der Waals surface area contributed by atoms with Gasteiger partial charge in [0.1, 0.15) is 6.04 Å². The molecule has 0 radical (unpaired) electrons. The molecule has 5 heteroatoms. The highest BCUT2D eigenvalue weighted by Gasteiger charge is 2.23. The molecular weight excluding hydrogens is 244 g/mol. The van der Waals surface area contributed by atoms with Gasteiger partial charge in [-0.25, -0.2) is 9.59 Å². The van der Waals surface area contributed by atoms with Gasteiger partial charge in [-0.05, 0) is 18.3 Å². The average Bonchev–Trinajstić information content (AvgIpc) is 2.35. The van der Waals surface area contributed by atoms with Crippen molar-refractivity contribution in [2.45, 2.75) is 59.4 Å². The number of aliphatic carboxylic acids is 1. The molecule has 0 aromatic carbocycles. The number of carbonyl (C=O) groups excluding carboxylic acids is 1. The first-order chi connectivity index (χ1) is 8.92. The highest BCUT2D eigenvalue weighted by molar-refractivity contribution is 5.82. The third-order valence-corrected chi connectivity index (χ3v) is 3.31. The van der Waals surface area contributed by atoms with Crippen LogP contribution in [0.15, 0.2) is 0 Å². The lowest BCUT2D eigenvalue weighted by Crippen LogP contribution is -2.49. The minimum atomic E-state index is -0.997. The van der Waals surface area contributed by atoms with Gasteiger partial charge < -0.3 is 15.7 Å². The summed E-state index contributed by atoms with van der Waals surface area (Å²) in [4.78, 5) is 22.6. The molecule has 0 bridgehead atoms. The van der Waals surface area contributed by atoms with Crippen LogP contribution in [0, 0.1) is 11.8 Å². The summed E-state index contributed by atoms with van der Waals surface area (Å²) in [7, 11) is 0. The van der Waals surface area contributed by atoms with Crippen LogP contribution in [-0.4, -0.2) is 29.7 Å². The van der Waals surface area contributed by atoms with Crippen molar-refractivity contribution in [2.24, 2.45) is 11.8 Å². The Kier molecular flexibility index (Phi) is 9.00. The number of urea groups is 1. The van der Waals surface area contributed by atoms with Gasteiger partial charge in [0.05, 0.1) is 0 Å². The Morgan fingerprint density at radius 3 is 2.26 bits per heavy atom. The zero-order chi connectivity index (χ0) is 14.8. The molecule has 0 fully saturated rings. The number of carboxylic acids is 1. The summed E-state index contributed by atoms with van der Waals surface area (Å²) in [5.74, 6) is -0.665.